The molecule has 0 bridgehead atoms. The van der Waals surface area contributed by atoms with Crippen LogP contribution < -0.4 is 5.56 Å². The number of nitrogens with one attached hydrogen (secondary N) is 1. The van der Waals surface area contributed by atoms with Gasteiger partial charge in [0.05, 0.1) is 6.20 Å². The summed E-state index contributed by atoms with van der Waals surface area (Å²) >= 11 is 6.39. The Bertz CT molecular complexity index is 576. The van der Waals surface area contributed by atoms with Gasteiger partial charge in [0.25, 0.3) is 5.56 Å². The molecule has 0 aliphatic rings. The fraction of sp³-hybridized carbons (Fsp3) is 0. The average molecular weight is 259 g/mol. The first-order chi connectivity index (χ1) is 7.65. The largest absolute Gasteiger partial charge is 0.301 e. The maximum atomic E-state index is 13.2. The molecule has 0 aromatic carbocycles. The van der Waals surface area contributed by atoms with Crippen LogP contribution in [0, 0.1) is 5.82 Å². The van der Waals surface area contributed by atoms with E-state index in [4.69, 9.17) is 11.6 Å². The summed E-state index contributed by atoms with van der Waals surface area (Å²) in [6.45, 7) is 0. The van der Waals surface area contributed by atoms with Crippen molar-refractivity contribution in [2.24, 2.45) is 0 Å². The number of aromatic amines is 1. The lowest BCUT2D eigenvalue weighted by molar-refractivity contribution is 0.578. The second-order valence-corrected chi connectivity index (χ2v) is 3.95. The van der Waals surface area contributed by atoms with Gasteiger partial charge in [0.1, 0.15) is 5.03 Å². The Morgan fingerprint density at radius 2 is 2.25 bits per heavy atom. The molecule has 0 spiro atoms. The molecule has 0 fully saturated rings. The van der Waals surface area contributed by atoms with Crippen LogP contribution in [0.15, 0.2) is 33.4 Å². The van der Waals surface area contributed by atoms with Gasteiger partial charge in [0.15, 0.2) is 11.0 Å². The number of halogens is 2. The fourth-order valence-corrected chi connectivity index (χ4v) is 1.81. The summed E-state index contributed by atoms with van der Waals surface area (Å²) in [5.41, 5.74) is -0.321. The Hall–Kier alpha value is -1.47. The lowest BCUT2D eigenvalue weighted by Crippen LogP contribution is -2.05. The first-order valence-corrected chi connectivity index (χ1v) is 5.26. The number of hydrogen-bond acceptors (Lipinski definition) is 5. The molecule has 2 aromatic heterocycles. The number of hydrogen-bond donors (Lipinski definition) is 1. The highest BCUT2D eigenvalue weighted by Gasteiger charge is 2.09. The lowest BCUT2D eigenvalue weighted by Gasteiger charge is -2.00. The summed E-state index contributed by atoms with van der Waals surface area (Å²) in [6.07, 6.45) is 2.28. The fourth-order valence-electron chi connectivity index (χ4n) is 0.898. The topological polar surface area (TPSA) is 71.5 Å². The summed E-state index contributed by atoms with van der Waals surface area (Å²) in [5.74, 6) is -0.624. The molecule has 0 unspecified atom stereocenters. The zero-order chi connectivity index (χ0) is 11.5. The van der Waals surface area contributed by atoms with E-state index in [1.54, 1.807) is 0 Å². The monoisotopic (exact) mass is 258 g/mol. The average Bonchev–Trinajstić information content (AvgIpc) is 2.24. The molecule has 1 N–H and O–H groups in total. The molecule has 8 heteroatoms. The van der Waals surface area contributed by atoms with Gasteiger partial charge in [-0.3, -0.25) is 4.79 Å². The predicted molar refractivity (Wildman–Crippen MR) is 56.0 cm³/mol. The van der Waals surface area contributed by atoms with Gasteiger partial charge in [-0.25, -0.2) is 19.3 Å². The number of rotatable bonds is 2. The second kappa shape index (κ2) is 4.58. The summed E-state index contributed by atoms with van der Waals surface area (Å²) in [4.78, 5) is 24.4. The smallest absolute Gasteiger partial charge is 0.251 e. The molecular weight excluding hydrogens is 255 g/mol. The molecule has 2 rings (SSSR count). The Morgan fingerprint density at radius 3 is 3.00 bits per heavy atom. The van der Waals surface area contributed by atoms with E-state index < -0.39 is 5.82 Å². The van der Waals surface area contributed by atoms with Crippen LogP contribution >= 0.6 is 23.4 Å². The summed E-state index contributed by atoms with van der Waals surface area (Å²) in [5, 5.41) is 0.178. The van der Waals surface area contributed by atoms with Gasteiger partial charge in [-0.15, -0.1) is 0 Å². The van der Waals surface area contributed by atoms with E-state index in [0.29, 0.717) is 0 Å². The minimum absolute atomic E-state index is 0.00866. The first-order valence-electron chi connectivity index (χ1n) is 4.06. The van der Waals surface area contributed by atoms with E-state index in [1.807, 2.05) is 0 Å². The van der Waals surface area contributed by atoms with Gasteiger partial charge in [-0.05, 0) is 23.4 Å². The molecule has 82 valence electrons. The quantitative estimate of drug-likeness (QED) is 0.653. The Kier molecular flexibility index (Phi) is 3.16. The van der Waals surface area contributed by atoms with Crippen molar-refractivity contribution in [3.05, 3.63) is 39.9 Å². The molecule has 2 aromatic rings. The predicted octanol–water partition coefficient (Wildman–Crippen LogP) is 1.50. The van der Waals surface area contributed by atoms with Crippen molar-refractivity contribution in [3.8, 4) is 0 Å². The van der Waals surface area contributed by atoms with E-state index in [1.165, 1.54) is 12.3 Å². The van der Waals surface area contributed by atoms with E-state index in [9.17, 15) is 9.18 Å². The standard InChI is InChI=1S/C8H4ClFN4OS/c9-7-12-3-4(10)6(14-7)16-8-11-2-1-5(15)13-8/h1-3H,(H,11,13,15). The minimum Gasteiger partial charge on any atom is -0.301 e. The summed E-state index contributed by atoms with van der Waals surface area (Å²) < 4.78 is 13.2. The highest BCUT2D eigenvalue weighted by molar-refractivity contribution is 7.99. The Labute approximate surface area is 98.1 Å². The molecular formula is C8H4ClFN4OS. The van der Waals surface area contributed by atoms with Crippen molar-refractivity contribution in [2.45, 2.75) is 10.2 Å². The van der Waals surface area contributed by atoms with Crippen LogP contribution in [0.2, 0.25) is 5.28 Å². The molecule has 0 saturated heterocycles. The molecule has 5 nitrogen and oxygen atoms in total. The van der Waals surface area contributed by atoms with Gasteiger partial charge in [-0.2, -0.15) is 0 Å². The number of H-pyrrole nitrogens is 1. The van der Waals surface area contributed by atoms with Crippen molar-refractivity contribution < 1.29 is 4.39 Å². The van der Waals surface area contributed by atoms with Crippen LogP contribution in [0.1, 0.15) is 0 Å². The molecule has 2 heterocycles. The van der Waals surface area contributed by atoms with Gasteiger partial charge in [0.2, 0.25) is 5.28 Å². The Balaban J connectivity index is 2.33. The number of aromatic nitrogens is 4. The SMILES string of the molecule is O=c1ccnc(Sc2nc(Cl)ncc2F)[nH]1. The highest BCUT2D eigenvalue weighted by atomic mass is 35.5. The highest BCUT2D eigenvalue weighted by Crippen LogP contribution is 2.24. The van der Waals surface area contributed by atoms with E-state index in [-0.39, 0.29) is 21.0 Å². The van der Waals surface area contributed by atoms with Crippen molar-refractivity contribution in [1.29, 1.82) is 0 Å². The molecule has 0 aliphatic carbocycles. The minimum atomic E-state index is -0.624. The van der Waals surface area contributed by atoms with Gasteiger partial charge in [-0.1, -0.05) is 0 Å². The summed E-state index contributed by atoms with van der Waals surface area (Å²) in [7, 11) is 0. The third-order valence-corrected chi connectivity index (χ3v) is 2.59. The molecule has 0 radical (unpaired) electrons. The van der Waals surface area contributed by atoms with E-state index >= 15 is 0 Å². The van der Waals surface area contributed by atoms with Crippen LogP contribution in [-0.2, 0) is 0 Å². The molecule has 0 amide bonds. The van der Waals surface area contributed by atoms with Crippen molar-refractivity contribution in [3.63, 3.8) is 0 Å². The third-order valence-electron chi connectivity index (χ3n) is 1.52. The lowest BCUT2D eigenvalue weighted by atomic mass is 10.6. The zero-order valence-corrected chi connectivity index (χ0v) is 9.22. The van der Waals surface area contributed by atoms with E-state index in [2.05, 4.69) is 19.9 Å². The van der Waals surface area contributed by atoms with E-state index in [0.717, 1.165) is 18.0 Å². The third kappa shape index (κ3) is 2.56. The van der Waals surface area contributed by atoms with Crippen LogP contribution in [0.5, 0.6) is 0 Å². The van der Waals surface area contributed by atoms with Crippen LogP contribution in [0.3, 0.4) is 0 Å². The second-order valence-electron chi connectivity index (χ2n) is 2.63. The first kappa shape index (κ1) is 11.0. The Morgan fingerprint density at radius 1 is 1.44 bits per heavy atom. The molecule has 0 aliphatic heterocycles. The zero-order valence-electron chi connectivity index (χ0n) is 7.65. The van der Waals surface area contributed by atoms with Crippen LogP contribution in [-0.4, -0.2) is 19.9 Å². The normalized spacial score (nSPS) is 10.4. The van der Waals surface area contributed by atoms with Crippen LogP contribution in [0.4, 0.5) is 4.39 Å². The molecule has 0 atom stereocenters. The van der Waals surface area contributed by atoms with Gasteiger partial charge < -0.3 is 4.98 Å². The number of nitrogens with zero attached hydrogens (tertiary/aromatic N) is 3. The summed E-state index contributed by atoms with van der Waals surface area (Å²) in [6, 6.07) is 1.26. The van der Waals surface area contributed by atoms with Gasteiger partial charge >= 0.3 is 0 Å². The molecule has 16 heavy (non-hydrogen) atoms. The maximum Gasteiger partial charge on any atom is 0.251 e. The maximum absolute atomic E-state index is 13.2. The van der Waals surface area contributed by atoms with Crippen molar-refractivity contribution in [2.75, 3.05) is 0 Å². The van der Waals surface area contributed by atoms with Crippen molar-refractivity contribution >= 4 is 23.4 Å². The van der Waals surface area contributed by atoms with Crippen molar-refractivity contribution in [1.82, 2.24) is 19.9 Å². The van der Waals surface area contributed by atoms with Gasteiger partial charge in [0, 0.05) is 12.3 Å². The molecule has 0 saturated carbocycles. The van der Waals surface area contributed by atoms with Crippen LogP contribution in [0.25, 0.3) is 0 Å².